The molecule has 1 unspecified atom stereocenters. The van der Waals surface area contributed by atoms with Crippen LogP contribution in [0.3, 0.4) is 0 Å². The van der Waals surface area contributed by atoms with Gasteiger partial charge in [-0.3, -0.25) is 10.00 Å². The fourth-order valence-corrected chi connectivity index (χ4v) is 2.11. The van der Waals surface area contributed by atoms with E-state index in [0.717, 1.165) is 23.4 Å². The molecule has 0 fully saturated rings. The minimum absolute atomic E-state index is 0.204. The molecule has 1 heterocycles. The van der Waals surface area contributed by atoms with Crippen LogP contribution in [0.15, 0.2) is 30.5 Å². The third-order valence-corrected chi connectivity index (χ3v) is 3.73. The maximum atomic E-state index is 12.6. The number of nitrogens with two attached hydrogens (primary N) is 1. The van der Waals surface area contributed by atoms with Gasteiger partial charge in [-0.2, -0.15) is 18.3 Å². The van der Waals surface area contributed by atoms with E-state index in [1.807, 2.05) is 14.0 Å². The Morgan fingerprint density at radius 2 is 1.91 bits per heavy atom. The molecule has 1 atom stereocenters. The Kier molecular flexibility index (Phi) is 4.87. The summed E-state index contributed by atoms with van der Waals surface area (Å²) in [5, 5.41) is 6.86. The van der Waals surface area contributed by atoms with Crippen molar-refractivity contribution >= 4 is 0 Å². The van der Waals surface area contributed by atoms with E-state index in [1.54, 1.807) is 6.20 Å². The summed E-state index contributed by atoms with van der Waals surface area (Å²) in [7, 11) is 1.95. The van der Waals surface area contributed by atoms with Gasteiger partial charge < -0.3 is 5.73 Å². The topological polar surface area (TPSA) is 57.9 Å². The van der Waals surface area contributed by atoms with Crippen LogP contribution in [0.25, 0.3) is 11.3 Å². The molecule has 0 aliphatic rings. The summed E-state index contributed by atoms with van der Waals surface area (Å²) in [6.45, 7) is 3.16. The predicted molar refractivity (Wildman–Crippen MR) is 79.0 cm³/mol. The van der Waals surface area contributed by atoms with Gasteiger partial charge >= 0.3 is 6.18 Å². The van der Waals surface area contributed by atoms with Crippen molar-refractivity contribution in [2.75, 3.05) is 13.6 Å². The zero-order chi connectivity index (χ0) is 16.3. The van der Waals surface area contributed by atoms with E-state index in [9.17, 15) is 13.2 Å². The number of alkyl halides is 3. The Labute approximate surface area is 127 Å². The molecule has 0 radical (unpaired) electrons. The van der Waals surface area contributed by atoms with Crippen molar-refractivity contribution in [3.63, 3.8) is 0 Å². The predicted octanol–water partition coefficient (Wildman–Crippen LogP) is 2.87. The molecule has 1 aromatic carbocycles. The maximum absolute atomic E-state index is 12.6. The highest BCUT2D eigenvalue weighted by molar-refractivity contribution is 5.63. The number of likely N-dealkylation sites (N-methyl/N-ethyl adjacent to an activating group) is 1. The Morgan fingerprint density at radius 3 is 2.45 bits per heavy atom. The van der Waals surface area contributed by atoms with Gasteiger partial charge in [0, 0.05) is 24.7 Å². The van der Waals surface area contributed by atoms with Crippen LogP contribution in [0, 0.1) is 0 Å². The van der Waals surface area contributed by atoms with Crippen LogP contribution in [-0.4, -0.2) is 34.7 Å². The molecule has 3 N–H and O–H groups in total. The molecule has 0 saturated carbocycles. The fraction of sp³-hybridized carbons (Fsp3) is 0.400. The van der Waals surface area contributed by atoms with Crippen LogP contribution < -0.4 is 5.73 Å². The molecule has 2 aromatic rings. The number of hydrogen-bond acceptors (Lipinski definition) is 3. The van der Waals surface area contributed by atoms with E-state index in [1.165, 1.54) is 12.1 Å². The lowest BCUT2D eigenvalue weighted by Gasteiger charge is -2.23. The number of nitrogens with zero attached hydrogens (tertiary/aromatic N) is 2. The summed E-state index contributed by atoms with van der Waals surface area (Å²) in [5.74, 6) is 0. The Hall–Kier alpha value is -1.86. The minimum Gasteiger partial charge on any atom is -0.329 e. The quantitative estimate of drug-likeness (QED) is 0.892. The van der Waals surface area contributed by atoms with Crippen molar-refractivity contribution < 1.29 is 13.2 Å². The Balaban J connectivity index is 2.22. The summed E-state index contributed by atoms with van der Waals surface area (Å²) in [6, 6.07) is 5.26. The third kappa shape index (κ3) is 3.66. The monoisotopic (exact) mass is 312 g/mol. The molecule has 2 rings (SSSR count). The average Bonchev–Trinajstić information content (AvgIpc) is 2.93. The van der Waals surface area contributed by atoms with Gasteiger partial charge in [0.1, 0.15) is 0 Å². The van der Waals surface area contributed by atoms with Crippen LogP contribution in [0.1, 0.15) is 18.1 Å². The van der Waals surface area contributed by atoms with Crippen LogP contribution in [-0.2, 0) is 12.7 Å². The van der Waals surface area contributed by atoms with Gasteiger partial charge in [-0.25, -0.2) is 0 Å². The number of H-pyrrole nitrogens is 1. The molecule has 120 valence electrons. The summed E-state index contributed by atoms with van der Waals surface area (Å²) < 4.78 is 37.8. The Morgan fingerprint density at radius 1 is 1.27 bits per heavy atom. The second kappa shape index (κ2) is 6.50. The first-order valence-electron chi connectivity index (χ1n) is 6.93. The van der Waals surface area contributed by atoms with E-state index >= 15 is 0 Å². The first-order valence-corrected chi connectivity index (χ1v) is 6.93. The van der Waals surface area contributed by atoms with Crippen molar-refractivity contribution in [1.29, 1.82) is 0 Å². The minimum atomic E-state index is -4.33. The highest BCUT2D eigenvalue weighted by Gasteiger charge is 2.30. The van der Waals surface area contributed by atoms with E-state index in [2.05, 4.69) is 15.1 Å². The Bertz CT molecular complexity index is 604. The lowest BCUT2D eigenvalue weighted by Crippen LogP contribution is -2.34. The summed E-state index contributed by atoms with van der Waals surface area (Å²) in [5.41, 5.74) is 7.30. The lowest BCUT2D eigenvalue weighted by molar-refractivity contribution is -0.137. The largest absolute Gasteiger partial charge is 0.416 e. The molecule has 7 heteroatoms. The SMILES string of the molecule is CC(CN)N(C)Cc1cn[nH]c1-c1ccc(C(F)(F)F)cc1. The van der Waals surface area contributed by atoms with Gasteiger partial charge in [0.15, 0.2) is 0 Å². The van der Waals surface area contributed by atoms with Gasteiger partial charge in [0.25, 0.3) is 0 Å². The van der Waals surface area contributed by atoms with Crippen molar-refractivity contribution in [2.24, 2.45) is 5.73 Å². The lowest BCUT2D eigenvalue weighted by atomic mass is 10.1. The molecule has 0 saturated heterocycles. The number of hydrogen-bond donors (Lipinski definition) is 2. The first kappa shape index (κ1) is 16.5. The average molecular weight is 312 g/mol. The normalized spacial score (nSPS) is 13.6. The molecular weight excluding hydrogens is 293 g/mol. The second-order valence-electron chi connectivity index (χ2n) is 5.35. The summed E-state index contributed by atoms with van der Waals surface area (Å²) >= 11 is 0. The molecule has 0 spiro atoms. The number of rotatable bonds is 5. The van der Waals surface area contributed by atoms with Gasteiger partial charge in [0.05, 0.1) is 17.5 Å². The van der Waals surface area contributed by atoms with Crippen molar-refractivity contribution in [1.82, 2.24) is 15.1 Å². The standard InChI is InChI=1S/C15H19F3N4/c1-10(7-19)22(2)9-12-8-20-21-14(12)11-3-5-13(6-4-11)15(16,17)18/h3-6,8,10H,7,9,19H2,1-2H3,(H,20,21). The van der Waals surface area contributed by atoms with Crippen molar-refractivity contribution in [2.45, 2.75) is 25.7 Å². The molecule has 0 aliphatic carbocycles. The molecule has 0 bridgehead atoms. The van der Waals surface area contributed by atoms with Gasteiger partial charge in [-0.05, 0) is 31.7 Å². The van der Waals surface area contributed by atoms with E-state index < -0.39 is 11.7 Å². The smallest absolute Gasteiger partial charge is 0.329 e. The van der Waals surface area contributed by atoms with Gasteiger partial charge in [-0.1, -0.05) is 12.1 Å². The van der Waals surface area contributed by atoms with E-state index in [0.29, 0.717) is 18.7 Å². The van der Waals surface area contributed by atoms with Crippen LogP contribution in [0.2, 0.25) is 0 Å². The third-order valence-electron chi connectivity index (χ3n) is 3.73. The summed E-state index contributed by atoms with van der Waals surface area (Å²) in [4.78, 5) is 2.07. The van der Waals surface area contributed by atoms with Crippen molar-refractivity contribution in [3.05, 3.63) is 41.6 Å². The fourth-order valence-electron chi connectivity index (χ4n) is 2.11. The van der Waals surface area contributed by atoms with E-state index in [4.69, 9.17) is 5.73 Å². The molecule has 0 aliphatic heterocycles. The van der Waals surface area contributed by atoms with Gasteiger partial charge in [0.2, 0.25) is 0 Å². The molecule has 0 amide bonds. The number of aromatic nitrogens is 2. The van der Waals surface area contributed by atoms with Gasteiger partial charge in [-0.15, -0.1) is 0 Å². The number of nitrogens with one attached hydrogen (secondary N) is 1. The second-order valence-corrected chi connectivity index (χ2v) is 5.35. The van der Waals surface area contributed by atoms with E-state index in [-0.39, 0.29) is 6.04 Å². The first-order chi connectivity index (χ1) is 10.3. The number of aromatic amines is 1. The van der Waals surface area contributed by atoms with Crippen LogP contribution in [0.4, 0.5) is 13.2 Å². The highest BCUT2D eigenvalue weighted by Crippen LogP contribution is 2.31. The zero-order valence-corrected chi connectivity index (χ0v) is 12.5. The van der Waals surface area contributed by atoms with Crippen LogP contribution in [0.5, 0.6) is 0 Å². The molecular formula is C15H19F3N4. The molecule has 22 heavy (non-hydrogen) atoms. The van der Waals surface area contributed by atoms with Crippen LogP contribution >= 0.6 is 0 Å². The molecule has 1 aromatic heterocycles. The zero-order valence-electron chi connectivity index (χ0n) is 12.5. The molecule has 4 nitrogen and oxygen atoms in total. The number of benzene rings is 1. The maximum Gasteiger partial charge on any atom is 0.416 e. The highest BCUT2D eigenvalue weighted by atomic mass is 19.4. The summed E-state index contributed by atoms with van der Waals surface area (Å²) in [6.07, 6.45) is -2.64. The number of halogens is 3. The van der Waals surface area contributed by atoms with Crippen molar-refractivity contribution in [3.8, 4) is 11.3 Å².